The predicted molar refractivity (Wildman–Crippen MR) is 121 cm³/mol. The third-order valence-corrected chi connectivity index (χ3v) is 8.49. The van der Waals surface area contributed by atoms with Crippen LogP contribution in [0.2, 0.25) is 0 Å². The van der Waals surface area contributed by atoms with E-state index in [9.17, 15) is 19.5 Å². The van der Waals surface area contributed by atoms with E-state index in [0.717, 1.165) is 43.2 Å². The molecule has 1 aromatic rings. The summed E-state index contributed by atoms with van der Waals surface area (Å²) < 4.78 is 5.10. The Hall–Kier alpha value is -2.25. The molecule has 6 rings (SSSR count). The van der Waals surface area contributed by atoms with Crippen LogP contribution < -0.4 is 5.32 Å². The van der Waals surface area contributed by atoms with E-state index in [2.05, 4.69) is 5.32 Å². The van der Waals surface area contributed by atoms with Gasteiger partial charge in [0.25, 0.3) is 0 Å². The average molecular weight is 455 g/mol. The highest BCUT2D eigenvalue weighted by atomic mass is 16.5. The number of hydrogen-bond donors (Lipinski definition) is 2. The molecule has 3 amide bonds. The molecule has 1 saturated heterocycles. The first-order valence-corrected chi connectivity index (χ1v) is 12.1. The first-order valence-electron chi connectivity index (χ1n) is 12.1. The Morgan fingerprint density at radius 2 is 1.88 bits per heavy atom. The fourth-order valence-corrected chi connectivity index (χ4v) is 7.74. The largest absolute Gasteiger partial charge is 0.390 e. The molecule has 5 aliphatic rings. The third kappa shape index (κ3) is 3.79. The molecule has 0 radical (unpaired) electrons. The van der Waals surface area contributed by atoms with Gasteiger partial charge in [-0.1, -0.05) is 24.3 Å². The van der Waals surface area contributed by atoms with Crippen molar-refractivity contribution in [2.45, 2.75) is 74.8 Å². The van der Waals surface area contributed by atoms with E-state index in [-0.39, 0.29) is 43.7 Å². The molecule has 0 unspecified atom stereocenters. The number of aryl methyl sites for hydroxylation is 1. The van der Waals surface area contributed by atoms with Crippen LogP contribution in [0.1, 0.15) is 62.5 Å². The fraction of sp³-hybridized carbons (Fsp3) is 0.654. The summed E-state index contributed by atoms with van der Waals surface area (Å²) in [5.74, 6) is 0.0936. The van der Waals surface area contributed by atoms with E-state index in [4.69, 9.17) is 4.74 Å². The molecular formula is C26H34N2O5. The number of methoxy groups -OCH3 is 1. The molecule has 4 saturated carbocycles. The zero-order valence-electron chi connectivity index (χ0n) is 19.6. The highest BCUT2D eigenvalue weighted by molar-refractivity contribution is 6.11. The monoisotopic (exact) mass is 454 g/mol. The van der Waals surface area contributed by atoms with E-state index in [0.29, 0.717) is 18.3 Å². The van der Waals surface area contributed by atoms with Gasteiger partial charge in [0, 0.05) is 25.5 Å². The summed E-state index contributed by atoms with van der Waals surface area (Å²) in [4.78, 5) is 41.4. The highest BCUT2D eigenvalue weighted by Gasteiger charge is 2.59. The Labute approximate surface area is 194 Å². The van der Waals surface area contributed by atoms with Gasteiger partial charge in [-0.25, -0.2) is 0 Å². The normalized spacial score (nSPS) is 37.1. The standard InChI is InChI=1S/C26H34N2O5/c1-17-5-3-4-6-20(17)26(15-22(30)28(23(26)31)7-8-33-2)14-21(29)27-24-10-18-9-19(11-24)13-25(32,12-18)16-24/h3-6,18-19,32H,7-16H2,1-2H3,(H,27,29)/t18-,19-,24?,25?,26-/m1/s1. The summed E-state index contributed by atoms with van der Waals surface area (Å²) in [6, 6.07) is 7.53. The predicted octanol–water partition coefficient (Wildman–Crippen LogP) is 2.23. The number of likely N-dealkylation sites (tertiary alicyclic amines) is 1. The second kappa shape index (κ2) is 7.91. The Bertz CT molecular complexity index is 977. The summed E-state index contributed by atoms with van der Waals surface area (Å²) in [6.45, 7) is 2.36. The van der Waals surface area contributed by atoms with E-state index < -0.39 is 16.6 Å². The van der Waals surface area contributed by atoms with Crippen molar-refractivity contribution in [1.29, 1.82) is 0 Å². The number of aliphatic hydroxyl groups is 1. The molecule has 4 bridgehead atoms. The maximum absolute atomic E-state index is 13.7. The molecule has 0 aromatic heterocycles. The fourth-order valence-electron chi connectivity index (χ4n) is 7.74. The molecule has 7 heteroatoms. The summed E-state index contributed by atoms with van der Waals surface area (Å²) in [5.41, 5.74) is -0.656. The minimum absolute atomic E-state index is 0.0178. The van der Waals surface area contributed by atoms with Gasteiger partial charge >= 0.3 is 0 Å². The molecule has 1 aliphatic heterocycles. The molecular weight excluding hydrogens is 420 g/mol. The van der Waals surface area contributed by atoms with Crippen LogP contribution >= 0.6 is 0 Å². The van der Waals surface area contributed by atoms with Gasteiger partial charge in [-0.05, 0) is 68.4 Å². The molecule has 2 N–H and O–H groups in total. The zero-order chi connectivity index (χ0) is 23.4. The first kappa shape index (κ1) is 22.5. The minimum atomic E-state index is -1.21. The molecule has 3 atom stereocenters. The number of nitrogens with one attached hydrogen (secondary N) is 1. The number of ether oxygens (including phenoxy) is 1. The van der Waals surface area contributed by atoms with Crippen molar-refractivity contribution < 1.29 is 24.2 Å². The van der Waals surface area contributed by atoms with Gasteiger partial charge in [0.05, 0.1) is 24.2 Å². The molecule has 178 valence electrons. The summed E-state index contributed by atoms with van der Waals surface area (Å²) in [6.07, 6.45) is 5.07. The van der Waals surface area contributed by atoms with Gasteiger partial charge in [0.2, 0.25) is 17.7 Å². The van der Waals surface area contributed by atoms with E-state index >= 15 is 0 Å². The summed E-state index contributed by atoms with van der Waals surface area (Å²) in [7, 11) is 1.53. The van der Waals surface area contributed by atoms with Gasteiger partial charge in [0.15, 0.2) is 0 Å². The average Bonchev–Trinajstić information content (AvgIpc) is 2.94. The van der Waals surface area contributed by atoms with Crippen LogP contribution in [0.15, 0.2) is 24.3 Å². The second-order valence-electron chi connectivity index (χ2n) is 11.1. The number of benzene rings is 1. The Balaban J connectivity index is 1.43. The third-order valence-electron chi connectivity index (χ3n) is 8.49. The lowest BCUT2D eigenvalue weighted by Crippen LogP contribution is -2.65. The van der Waals surface area contributed by atoms with Crippen LogP contribution in [-0.2, 0) is 24.5 Å². The summed E-state index contributed by atoms with van der Waals surface area (Å²) >= 11 is 0. The molecule has 7 nitrogen and oxygen atoms in total. The Morgan fingerprint density at radius 3 is 2.52 bits per heavy atom. The zero-order valence-corrected chi connectivity index (χ0v) is 19.6. The van der Waals surface area contributed by atoms with Gasteiger partial charge in [0.1, 0.15) is 0 Å². The smallest absolute Gasteiger partial charge is 0.240 e. The van der Waals surface area contributed by atoms with E-state index in [1.54, 1.807) is 0 Å². The van der Waals surface area contributed by atoms with Crippen LogP contribution in [0, 0.1) is 18.8 Å². The SMILES string of the molecule is COCCN1C(=O)C[C@](CC(=O)NC23C[C@H]4C[C@@H](CC(O)(C4)C2)C3)(c2ccccc2C)C1=O. The number of carbonyl (C=O) groups is 3. The quantitative estimate of drug-likeness (QED) is 0.616. The number of rotatable bonds is 7. The summed E-state index contributed by atoms with van der Waals surface area (Å²) in [5, 5.41) is 14.3. The van der Waals surface area contributed by atoms with Crippen molar-refractivity contribution in [2.24, 2.45) is 11.8 Å². The Morgan fingerprint density at radius 1 is 1.18 bits per heavy atom. The second-order valence-corrected chi connectivity index (χ2v) is 11.1. The lowest BCUT2D eigenvalue weighted by molar-refractivity contribution is -0.152. The number of carbonyl (C=O) groups excluding carboxylic acids is 3. The molecule has 5 fully saturated rings. The lowest BCUT2D eigenvalue weighted by atomic mass is 9.51. The maximum atomic E-state index is 13.7. The van der Waals surface area contributed by atoms with Gasteiger partial charge in [-0.2, -0.15) is 0 Å². The van der Waals surface area contributed by atoms with Crippen LogP contribution in [0.3, 0.4) is 0 Å². The van der Waals surface area contributed by atoms with Crippen molar-refractivity contribution in [3.8, 4) is 0 Å². The maximum Gasteiger partial charge on any atom is 0.240 e. The first-order chi connectivity index (χ1) is 15.7. The molecule has 4 aliphatic carbocycles. The van der Waals surface area contributed by atoms with Crippen LogP contribution in [0.25, 0.3) is 0 Å². The van der Waals surface area contributed by atoms with Crippen molar-refractivity contribution in [3.63, 3.8) is 0 Å². The molecule has 0 spiro atoms. The molecule has 1 heterocycles. The van der Waals surface area contributed by atoms with Crippen molar-refractivity contribution in [3.05, 3.63) is 35.4 Å². The number of amides is 3. The molecule has 33 heavy (non-hydrogen) atoms. The van der Waals surface area contributed by atoms with Crippen molar-refractivity contribution in [2.75, 3.05) is 20.3 Å². The van der Waals surface area contributed by atoms with Crippen LogP contribution in [-0.4, -0.2) is 59.1 Å². The van der Waals surface area contributed by atoms with E-state index in [1.165, 1.54) is 12.0 Å². The van der Waals surface area contributed by atoms with Crippen molar-refractivity contribution in [1.82, 2.24) is 10.2 Å². The topological polar surface area (TPSA) is 95.9 Å². The Kier molecular flexibility index (Phi) is 5.40. The van der Waals surface area contributed by atoms with Crippen LogP contribution in [0.5, 0.6) is 0 Å². The van der Waals surface area contributed by atoms with Gasteiger partial charge < -0.3 is 15.2 Å². The van der Waals surface area contributed by atoms with Crippen molar-refractivity contribution >= 4 is 17.7 Å². The number of imide groups is 1. The van der Waals surface area contributed by atoms with Gasteiger partial charge in [-0.3, -0.25) is 19.3 Å². The highest BCUT2D eigenvalue weighted by Crippen LogP contribution is 2.57. The van der Waals surface area contributed by atoms with Crippen LogP contribution in [0.4, 0.5) is 0 Å². The minimum Gasteiger partial charge on any atom is -0.390 e. The number of nitrogens with zero attached hydrogens (tertiary/aromatic N) is 1. The van der Waals surface area contributed by atoms with Gasteiger partial charge in [-0.15, -0.1) is 0 Å². The number of hydrogen-bond acceptors (Lipinski definition) is 5. The lowest BCUT2D eigenvalue weighted by Gasteiger charge is -2.60. The molecule has 1 aromatic carbocycles. The van der Waals surface area contributed by atoms with E-state index in [1.807, 2.05) is 31.2 Å².